The number of alkyl carbamates (subject to hydrolysis) is 1. The number of rotatable bonds is 5. The lowest BCUT2D eigenvalue weighted by Crippen LogP contribution is -2.50. The molecule has 0 bridgehead atoms. The highest BCUT2D eigenvalue weighted by molar-refractivity contribution is 7.09. The van der Waals surface area contributed by atoms with E-state index in [0.29, 0.717) is 6.42 Å². The van der Waals surface area contributed by atoms with Gasteiger partial charge in [0.25, 0.3) is 0 Å². The second kappa shape index (κ2) is 6.62. The predicted octanol–water partition coefficient (Wildman–Crippen LogP) is 2.55. The van der Waals surface area contributed by atoms with Gasteiger partial charge in [-0.15, -0.1) is 11.3 Å². The van der Waals surface area contributed by atoms with Crippen molar-refractivity contribution >= 4 is 29.4 Å². The van der Waals surface area contributed by atoms with Gasteiger partial charge in [-0.3, -0.25) is 9.79 Å². The first-order valence-electron chi connectivity index (χ1n) is 7.37. The standard InChI is InChI=1S/C16H21N3O3S/c1-11(19-14(21)22-15(2,3)4)13(20)16(6-5-7-18-16)10-12-17-8-9-23-12/h5-9,11H,10H2,1-4H3,(H,19,21)/t11-,16?/m0/s1. The van der Waals surface area contributed by atoms with Gasteiger partial charge in [0, 0.05) is 24.2 Å². The first kappa shape index (κ1) is 17.3. The molecule has 1 aromatic rings. The summed E-state index contributed by atoms with van der Waals surface area (Å²) in [7, 11) is 0. The van der Waals surface area contributed by atoms with Crippen LogP contribution in [-0.2, 0) is 16.0 Å². The van der Waals surface area contributed by atoms with Crippen molar-refractivity contribution < 1.29 is 14.3 Å². The molecule has 0 fully saturated rings. The maximum atomic E-state index is 12.8. The highest BCUT2D eigenvalue weighted by Gasteiger charge is 2.41. The van der Waals surface area contributed by atoms with Crippen molar-refractivity contribution in [2.45, 2.75) is 51.3 Å². The summed E-state index contributed by atoms with van der Waals surface area (Å²) in [6.07, 6.45) is 6.56. The maximum absolute atomic E-state index is 12.8. The van der Waals surface area contributed by atoms with E-state index in [2.05, 4.69) is 15.3 Å². The van der Waals surface area contributed by atoms with Crippen molar-refractivity contribution in [3.05, 3.63) is 28.7 Å². The Kier molecular flexibility index (Phi) is 4.99. The number of Topliss-reactive ketones (excluding diaryl/α,β-unsaturated/α-hetero) is 1. The van der Waals surface area contributed by atoms with Gasteiger partial charge < -0.3 is 10.1 Å². The Morgan fingerprint density at radius 2 is 2.17 bits per heavy atom. The summed E-state index contributed by atoms with van der Waals surface area (Å²) < 4.78 is 5.19. The number of hydrogen-bond donors (Lipinski definition) is 1. The summed E-state index contributed by atoms with van der Waals surface area (Å²) in [5, 5.41) is 5.27. The molecule has 7 heteroatoms. The third kappa shape index (κ3) is 4.48. The van der Waals surface area contributed by atoms with E-state index >= 15 is 0 Å². The number of allylic oxidation sites excluding steroid dienone is 1. The molecule has 0 spiro atoms. The van der Waals surface area contributed by atoms with Gasteiger partial charge >= 0.3 is 6.09 Å². The highest BCUT2D eigenvalue weighted by Crippen LogP contribution is 2.26. The summed E-state index contributed by atoms with van der Waals surface area (Å²) in [5.74, 6) is -0.191. The van der Waals surface area contributed by atoms with Crippen molar-refractivity contribution in [3.8, 4) is 0 Å². The summed E-state index contributed by atoms with van der Waals surface area (Å²) in [6, 6.07) is -0.718. The smallest absolute Gasteiger partial charge is 0.408 e. The number of ketones is 1. The zero-order valence-electron chi connectivity index (χ0n) is 13.7. The minimum Gasteiger partial charge on any atom is -0.444 e. The number of hydrogen-bond acceptors (Lipinski definition) is 6. The molecule has 1 N–H and O–H groups in total. The molecule has 2 atom stereocenters. The second-order valence-corrected chi connectivity index (χ2v) is 7.38. The van der Waals surface area contributed by atoms with Gasteiger partial charge in [-0.2, -0.15) is 0 Å². The van der Waals surface area contributed by atoms with Crippen LogP contribution >= 0.6 is 11.3 Å². The van der Waals surface area contributed by atoms with Crippen LogP contribution in [0, 0.1) is 0 Å². The van der Waals surface area contributed by atoms with E-state index in [1.807, 2.05) is 5.38 Å². The molecule has 0 saturated heterocycles. The number of thiazole rings is 1. The SMILES string of the molecule is C[C@H](NC(=O)OC(C)(C)C)C(=O)C1(Cc2nccs2)C=CC=N1. The first-order chi connectivity index (χ1) is 10.7. The largest absolute Gasteiger partial charge is 0.444 e. The molecular weight excluding hydrogens is 314 g/mol. The molecule has 0 aliphatic carbocycles. The number of carbonyl (C=O) groups excluding carboxylic acids is 2. The van der Waals surface area contributed by atoms with Gasteiger partial charge in [-0.05, 0) is 39.8 Å². The lowest BCUT2D eigenvalue weighted by molar-refractivity contribution is -0.124. The predicted molar refractivity (Wildman–Crippen MR) is 90.0 cm³/mol. The van der Waals surface area contributed by atoms with Crippen LogP contribution in [-0.4, -0.2) is 40.3 Å². The number of aromatic nitrogens is 1. The molecule has 2 rings (SSSR count). The molecular formula is C16H21N3O3S. The van der Waals surface area contributed by atoms with E-state index in [9.17, 15) is 9.59 Å². The monoisotopic (exact) mass is 335 g/mol. The lowest BCUT2D eigenvalue weighted by atomic mass is 9.88. The Hall–Kier alpha value is -2.02. The van der Waals surface area contributed by atoms with Gasteiger partial charge in [0.1, 0.15) is 11.1 Å². The van der Waals surface area contributed by atoms with E-state index in [-0.39, 0.29) is 5.78 Å². The average molecular weight is 335 g/mol. The van der Waals surface area contributed by atoms with Gasteiger partial charge in [-0.25, -0.2) is 9.78 Å². The molecule has 124 valence electrons. The van der Waals surface area contributed by atoms with E-state index < -0.39 is 23.3 Å². The van der Waals surface area contributed by atoms with Crippen LogP contribution in [0.4, 0.5) is 4.79 Å². The summed E-state index contributed by atoms with van der Waals surface area (Å²) in [4.78, 5) is 33.2. The molecule has 1 unspecified atom stereocenters. The fourth-order valence-electron chi connectivity index (χ4n) is 2.25. The van der Waals surface area contributed by atoms with Gasteiger partial charge in [0.05, 0.1) is 11.0 Å². The van der Waals surface area contributed by atoms with Crippen LogP contribution in [0.25, 0.3) is 0 Å². The first-order valence-corrected chi connectivity index (χ1v) is 8.25. The molecule has 0 radical (unpaired) electrons. The maximum Gasteiger partial charge on any atom is 0.408 e. The number of nitrogens with zero attached hydrogens (tertiary/aromatic N) is 2. The Labute approximate surface area is 139 Å². The van der Waals surface area contributed by atoms with E-state index in [1.54, 1.807) is 52.3 Å². The third-order valence-corrected chi connectivity index (χ3v) is 4.00. The van der Waals surface area contributed by atoms with Gasteiger partial charge in [-0.1, -0.05) is 0 Å². The topological polar surface area (TPSA) is 80.6 Å². The number of carbonyl (C=O) groups is 2. The molecule has 1 aliphatic heterocycles. The molecule has 0 saturated carbocycles. The van der Waals surface area contributed by atoms with Crippen molar-refractivity contribution in [3.63, 3.8) is 0 Å². The zero-order valence-corrected chi connectivity index (χ0v) is 14.5. The third-order valence-electron chi connectivity index (χ3n) is 3.22. The van der Waals surface area contributed by atoms with Crippen molar-refractivity contribution in [1.82, 2.24) is 10.3 Å². The van der Waals surface area contributed by atoms with Crippen LogP contribution in [0.5, 0.6) is 0 Å². The number of nitrogens with one attached hydrogen (secondary N) is 1. The number of aliphatic imine (C=N–C) groups is 1. The molecule has 1 aliphatic rings. The molecule has 2 heterocycles. The number of amides is 1. The molecule has 0 aromatic carbocycles. The molecule has 6 nitrogen and oxygen atoms in total. The Bertz CT molecular complexity index is 617. The summed E-state index contributed by atoms with van der Waals surface area (Å²) >= 11 is 1.48. The average Bonchev–Trinajstić information content (AvgIpc) is 3.08. The van der Waals surface area contributed by atoms with Crippen LogP contribution < -0.4 is 5.32 Å². The quantitative estimate of drug-likeness (QED) is 0.896. The Morgan fingerprint density at radius 3 is 2.70 bits per heavy atom. The lowest BCUT2D eigenvalue weighted by Gasteiger charge is -2.27. The Morgan fingerprint density at radius 1 is 1.43 bits per heavy atom. The van der Waals surface area contributed by atoms with Crippen LogP contribution in [0.1, 0.15) is 32.7 Å². The van der Waals surface area contributed by atoms with Crippen LogP contribution in [0.2, 0.25) is 0 Å². The van der Waals surface area contributed by atoms with Gasteiger partial charge in [0.2, 0.25) is 0 Å². The zero-order chi connectivity index (χ0) is 17.1. The summed E-state index contributed by atoms with van der Waals surface area (Å²) in [6.45, 7) is 6.95. The molecule has 1 aromatic heterocycles. The van der Waals surface area contributed by atoms with E-state index in [1.165, 1.54) is 11.3 Å². The number of ether oxygens (including phenoxy) is 1. The highest BCUT2D eigenvalue weighted by atomic mass is 32.1. The van der Waals surface area contributed by atoms with Crippen LogP contribution in [0.3, 0.4) is 0 Å². The van der Waals surface area contributed by atoms with Crippen LogP contribution in [0.15, 0.2) is 28.7 Å². The minimum atomic E-state index is -1.01. The Balaban J connectivity index is 2.08. The van der Waals surface area contributed by atoms with Crippen molar-refractivity contribution in [1.29, 1.82) is 0 Å². The van der Waals surface area contributed by atoms with E-state index in [4.69, 9.17) is 4.74 Å². The minimum absolute atomic E-state index is 0.191. The fraction of sp³-hybridized carbons (Fsp3) is 0.500. The van der Waals surface area contributed by atoms with Crippen molar-refractivity contribution in [2.24, 2.45) is 4.99 Å². The molecule has 1 amide bonds. The van der Waals surface area contributed by atoms with Crippen molar-refractivity contribution in [2.75, 3.05) is 0 Å². The van der Waals surface area contributed by atoms with E-state index in [0.717, 1.165) is 5.01 Å². The fourth-order valence-corrected chi connectivity index (χ4v) is 2.96. The normalized spacial score (nSPS) is 21.2. The molecule has 23 heavy (non-hydrogen) atoms. The summed E-state index contributed by atoms with van der Waals surface area (Å²) in [5.41, 5.74) is -1.62. The van der Waals surface area contributed by atoms with Gasteiger partial charge in [0.15, 0.2) is 5.78 Å². The second-order valence-electron chi connectivity index (χ2n) is 6.40.